The van der Waals surface area contributed by atoms with Gasteiger partial charge in [0.05, 0.1) is 18.4 Å². The second-order valence-electron chi connectivity index (χ2n) is 7.26. The van der Waals surface area contributed by atoms with Gasteiger partial charge in [0.1, 0.15) is 11.5 Å². The van der Waals surface area contributed by atoms with Crippen LogP contribution in [-0.2, 0) is 20.0 Å². The largest absolute Gasteiger partial charge is 0.332 e. The summed E-state index contributed by atoms with van der Waals surface area (Å²) in [6, 6.07) is 20.0. The van der Waals surface area contributed by atoms with Gasteiger partial charge in [-0.2, -0.15) is 5.10 Å². The van der Waals surface area contributed by atoms with E-state index in [1.807, 2.05) is 77.2 Å². The number of aromatic nitrogens is 4. The average Bonchev–Trinajstić information content (AvgIpc) is 3.37. The van der Waals surface area contributed by atoms with Crippen LogP contribution in [0.25, 0.3) is 22.6 Å². The van der Waals surface area contributed by atoms with E-state index in [4.69, 9.17) is 0 Å². The lowest BCUT2D eigenvalue weighted by atomic mass is 10.0. The molecule has 3 heterocycles. The maximum Gasteiger partial charge on any atom is 0.272 e. The topological polar surface area (TPSA) is 66.8 Å². The van der Waals surface area contributed by atoms with Gasteiger partial charge in [0, 0.05) is 42.4 Å². The molecule has 144 valence electrons. The number of nitrogens with zero attached hydrogens (tertiary/aromatic N) is 4. The molecule has 0 bridgehead atoms. The third-order valence-corrected chi connectivity index (χ3v) is 5.51. The number of aromatic amines is 1. The third-order valence-electron chi connectivity index (χ3n) is 5.51. The highest BCUT2D eigenvalue weighted by molar-refractivity contribution is 5.93. The summed E-state index contributed by atoms with van der Waals surface area (Å²) in [4.78, 5) is 19.7. The Labute approximate surface area is 168 Å². The molecule has 0 aliphatic carbocycles. The Morgan fingerprint density at radius 1 is 1.00 bits per heavy atom. The molecule has 4 aromatic rings. The maximum absolute atomic E-state index is 13.3. The average molecular weight is 383 g/mol. The maximum atomic E-state index is 13.3. The van der Waals surface area contributed by atoms with Crippen LogP contribution in [0.2, 0.25) is 0 Å². The minimum atomic E-state index is -0.00644. The Kier molecular flexibility index (Phi) is 4.24. The predicted octanol–water partition coefficient (Wildman–Crippen LogP) is 3.68. The van der Waals surface area contributed by atoms with Gasteiger partial charge in [0.25, 0.3) is 5.91 Å². The number of nitrogens with one attached hydrogen (secondary N) is 1. The fraction of sp³-hybridized carbons (Fsp3) is 0.174. The number of carbonyl (C=O) groups excluding carboxylic acids is 1. The first-order valence-electron chi connectivity index (χ1n) is 9.70. The lowest BCUT2D eigenvalue weighted by molar-refractivity contribution is 0.0725. The number of rotatable bonds is 3. The van der Waals surface area contributed by atoms with Crippen LogP contribution >= 0.6 is 0 Å². The van der Waals surface area contributed by atoms with Gasteiger partial charge in [-0.25, -0.2) is 4.98 Å². The lowest BCUT2D eigenvalue weighted by Gasteiger charge is -2.27. The van der Waals surface area contributed by atoms with E-state index in [2.05, 4.69) is 15.2 Å². The normalized spacial score (nSPS) is 13.3. The number of hydrogen-bond donors (Lipinski definition) is 1. The monoisotopic (exact) mass is 383 g/mol. The van der Waals surface area contributed by atoms with Gasteiger partial charge < -0.3 is 9.47 Å². The zero-order chi connectivity index (χ0) is 19.8. The standard InChI is InChI=1S/C23H21N5O/c1-27-20(14-24-22(27)17-10-6-3-7-11-17)23(29)28-13-12-19-18(15-28)21(26-25-19)16-8-4-2-5-9-16/h2-11,14H,12-13,15H2,1H3,(H,25,26). The van der Waals surface area contributed by atoms with Crippen LogP contribution in [-0.4, -0.2) is 37.1 Å². The van der Waals surface area contributed by atoms with E-state index >= 15 is 0 Å². The Balaban J connectivity index is 1.44. The summed E-state index contributed by atoms with van der Waals surface area (Å²) < 4.78 is 1.88. The van der Waals surface area contributed by atoms with E-state index in [-0.39, 0.29) is 5.91 Å². The van der Waals surface area contributed by atoms with Crippen molar-refractivity contribution in [3.05, 3.63) is 83.8 Å². The molecule has 6 heteroatoms. The Bertz CT molecular complexity index is 1160. The first kappa shape index (κ1) is 17.4. The number of benzene rings is 2. The molecule has 1 N–H and O–H groups in total. The van der Waals surface area contributed by atoms with Crippen molar-refractivity contribution in [3.8, 4) is 22.6 Å². The van der Waals surface area contributed by atoms with E-state index in [0.29, 0.717) is 18.8 Å². The van der Waals surface area contributed by atoms with Crippen LogP contribution in [0.1, 0.15) is 21.7 Å². The minimum Gasteiger partial charge on any atom is -0.332 e. The van der Waals surface area contributed by atoms with Crippen LogP contribution in [0.3, 0.4) is 0 Å². The fourth-order valence-corrected chi connectivity index (χ4v) is 3.93. The molecule has 1 aliphatic rings. The highest BCUT2D eigenvalue weighted by Gasteiger charge is 2.28. The molecule has 0 saturated heterocycles. The molecule has 1 amide bonds. The molecule has 0 radical (unpaired) electrons. The molecule has 0 atom stereocenters. The second-order valence-corrected chi connectivity index (χ2v) is 7.26. The van der Waals surface area contributed by atoms with Gasteiger partial charge in [-0.1, -0.05) is 60.7 Å². The Morgan fingerprint density at radius 3 is 2.41 bits per heavy atom. The van der Waals surface area contributed by atoms with E-state index in [0.717, 1.165) is 40.3 Å². The van der Waals surface area contributed by atoms with Crippen LogP contribution < -0.4 is 0 Å². The molecule has 2 aromatic heterocycles. The molecule has 0 saturated carbocycles. The van der Waals surface area contributed by atoms with E-state index in [1.54, 1.807) is 6.20 Å². The molecule has 6 nitrogen and oxygen atoms in total. The molecule has 1 aliphatic heterocycles. The summed E-state index contributed by atoms with van der Waals surface area (Å²) in [5.41, 5.74) is 5.79. The summed E-state index contributed by atoms with van der Waals surface area (Å²) >= 11 is 0. The first-order chi connectivity index (χ1) is 14.2. The molecule has 0 spiro atoms. The zero-order valence-electron chi connectivity index (χ0n) is 16.2. The molecule has 0 unspecified atom stereocenters. The summed E-state index contributed by atoms with van der Waals surface area (Å²) in [7, 11) is 1.89. The number of fused-ring (bicyclic) bond motifs is 1. The van der Waals surface area contributed by atoms with Gasteiger partial charge in [0.15, 0.2) is 0 Å². The minimum absolute atomic E-state index is 0.00644. The van der Waals surface area contributed by atoms with Crippen molar-refractivity contribution in [1.82, 2.24) is 24.6 Å². The SMILES string of the molecule is Cn1c(C(=O)N2CCc3[nH]nc(-c4ccccc4)c3C2)cnc1-c1ccccc1. The quantitative estimate of drug-likeness (QED) is 0.587. The lowest BCUT2D eigenvalue weighted by Crippen LogP contribution is -2.36. The van der Waals surface area contributed by atoms with Gasteiger partial charge in [-0.15, -0.1) is 0 Å². The fourth-order valence-electron chi connectivity index (χ4n) is 3.93. The molecule has 5 rings (SSSR count). The van der Waals surface area contributed by atoms with Crippen molar-refractivity contribution in [1.29, 1.82) is 0 Å². The van der Waals surface area contributed by atoms with Crippen molar-refractivity contribution in [3.63, 3.8) is 0 Å². The summed E-state index contributed by atoms with van der Waals surface area (Å²) in [5.74, 6) is 0.785. The number of H-pyrrole nitrogens is 1. The summed E-state index contributed by atoms with van der Waals surface area (Å²) in [6.45, 7) is 1.20. The van der Waals surface area contributed by atoms with Crippen molar-refractivity contribution in [2.45, 2.75) is 13.0 Å². The second kappa shape index (κ2) is 7.05. The van der Waals surface area contributed by atoms with Crippen LogP contribution in [0.15, 0.2) is 66.9 Å². The Morgan fingerprint density at radius 2 is 1.69 bits per heavy atom. The summed E-state index contributed by atoms with van der Waals surface area (Å²) in [5, 5.41) is 7.67. The van der Waals surface area contributed by atoms with Crippen LogP contribution in [0.5, 0.6) is 0 Å². The van der Waals surface area contributed by atoms with Gasteiger partial charge in [-0.3, -0.25) is 9.89 Å². The molecular weight excluding hydrogens is 362 g/mol. The molecule has 29 heavy (non-hydrogen) atoms. The smallest absolute Gasteiger partial charge is 0.272 e. The zero-order valence-corrected chi connectivity index (χ0v) is 16.2. The van der Waals surface area contributed by atoms with E-state index < -0.39 is 0 Å². The number of imidazole rings is 1. The highest BCUT2D eigenvalue weighted by atomic mass is 16.2. The first-order valence-corrected chi connectivity index (χ1v) is 9.70. The third kappa shape index (κ3) is 3.02. The van der Waals surface area contributed by atoms with Crippen LogP contribution in [0, 0.1) is 0 Å². The van der Waals surface area contributed by atoms with Gasteiger partial charge >= 0.3 is 0 Å². The molecular formula is C23H21N5O. The van der Waals surface area contributed by atoms with Crippen molar-refractivity contribution in [2.24, 2.45) is 7.05 Å². The van der Waals surface area contributed by atoms with Crippen LogP contribution in [0.4, 0.5) is 0 Å². The van der Waals surface area contributed by atoms with Crippen molar-refractivity contribution >= 4 is 5.91 Å². The van der Waals surface area contributed by atoms with Crippen molar-refractivity contribution in [2.75, 3.05) is 6.54 Å². The van der Waals surface area contributed by atoms with E-state index in [9.17, 15) is 4.79 Å². The Hall–Kier alpha value is -3.67. The van der Waals surface area contributed by atoms with Gasteiger partial charge in [-0.05, 0) is 0 Å². The highest BCUT2D eigenvalue weighted by Crippen LogP contribution is 2.29. The number of amides is 1. The van der Waals surface area contributed by atoms with Gasteiger partial charge in [0.2, 0.25) is 0 Å². The van der Waals surface area contributed by atoms with Crippen molar-refractivity contribution < 1.29 is 4.79 Å². The number of carbonyl (C=O) groups is 1. The number of hydrogen-bond acceptors (Lipinski definition) is 3. The predicted molar refractivity (Wildman–Crippen MR) is 111 cm³/mol. The summed E-state index contributed by atoms with van der Waals surface area (Å²) in [6.07, 6.45) is 2.44. The molecule has 2 aromatic carbocycles. The molecule has 0 fully saturated rings. The van der Waals surface area contributed by atoms with E-state index in [1.165, 1.54) is 0 Å².